The first-order chi connectivity index (χ1) is 7.09. The van der Waals surface area contributed by atoms with Crippen molar-refractivity contribution in [2.75, 3.05) is 17.8 Å². The Kier molecular flexibility index (Phi) is 5.64. The van der Waals surface area contributed by atoms with Gasteiger partial charge in [-0.25, -0.2) is 0 Å². The van der Waals surface area contributed by atoms with Crippen LogP contribution >= 0.6 is 35.3 Å². The number of hydrogen-bond donors (Lipinski definition) is 0. The third-order valence-corrected chi connectivity index (χ3v) is 6.68. The lowest BCUT2D eigenvalue weighted by Gasteiger charge is -2.34. The Morgan fingerprint density at radius 2 is 2.27 bits per heavy atom. The fourth-order valence-electron chi connectivity index (χ4n) is 1.53. The molecule has 1 aliphatic rings. The van der Waals surface area contributed by atoms with E-state index >= 15 is 0 Å². The highest BCUT2D eigenvalue weighted by atomic mass is 32.2. The van der Waals surface area contributed by atoms with Gasteiger partial charge in [0.2, 0.25) is 5.12 Å². The van der Waals surface area contributed by atoms with Crippen LogP contribution in [-0.2, 0) is 4.79 Å². The van der Waals surface area contributed by atoms with Gasteiger partial charge in [-0.3, -0.25) is 4.79 Å². The van der Waals surface area contributed by atoms with Crippen molar-refractivity contribution >= 4 is 40.4 Å². The SMILES string of the molecule is C=C(C)C(=O)SC1(CSC)CCCCS1. The van der Waals surface area contributed by atoms with E-state index < -0.39 is 0 Å². The molecule has 1 nitrogen and oxygen atoms in total. The molecule has 15 heavy (non-hydrogen) atoms. The third-order valence-electron chi connectivity index (χ3n) is 2.31. The van der Waals surface area contributed by atoms with Crippen molar-refractivity contribution in [1.82, 2.24) is 0 Å². The molecule has 4 heteroatoms. The minimum atomic E-state index is 0.119. The fraction of sp³-hybridized carbons (Fsp3) is 0.727. The minimum absolute atomic E-state index is 0.119. The van der Waals surface area contributed by atoms with Crippen LogP contribution in [0.5, 0.6) is 0 Å². The van der Waals surface area contributed by atoms with Gasteiger partial charge in [0.1, 0.15) is 0 Å². The lowest BCUT2D eigenvalue weighted by atomic mass is 10.2. The smallest absolute Gasteiger partial charge is 0.215 e. The molecular weight excluding hydrogens is 244 g/mol. The van der Waals surface area contributed by atoms with E-state index in [1.807, 2.05) is 23.5 Å². The maximum Gasteiger partial charge on any atom is 0.215 e. The molecule has 1 saturated heterocycles. The first-order valence-electron chi connectivity index (χ1n) is 5.11. The summed E-state index contributed by atoms with van der Waals surface area (Å²) in [5.74, 6) is 2.25. The van der Waals surface area contributed by atoms with Crippen molar-refractivity contribution in [1.29, 1.82) is 0 Å². The highest BCUT2D eigenvalue weighted by molar-refractivity contribution is 8.27. The molecule has 0 aliphatic carbocycles. The standard InChI is InChI=1S/C11H18OS3/c1-9(2)10(12)15-11(8-13-3)6-4-5-7-14-11/h1,4-8H2,2-3H3. The fourth-order valence-corrected chi connectivity index (χ4v) is 5.87. The van der Waals surface area contributed by atoms with Crippen LogP contribution in [0.3, 0.4) is 0 Å². The van der Waals surface area contributed by atoms with E-state index in [0.29, 0.717) is 5.57 Å². The molecule has 0 aromatic rings. The molecular formula is C11H18OS3. The van der Waals surface area contributed by atoms with Gasteiger partial charge in [-0.2, -0.15) is 11.8 Å². The molecule has 1 heterocycles. The molecule has 1 fully saturated rings. The Morgan fingerprint density at radius 1 is 1.53 bits per heavy atom. The Morgan fingerprint density at radius 3 is 2.73 bits per heavy atom. The number of thioether (sulfide) groups is 3. The van der Waals surface area contributed by atoms with Crippen LogP contribution in [-0.4, -0.2) is 27.0 Å². The number of hydrogen-bond acceptors (Lipinski definition) is 4. The summed E-state index contributed by atoms with van der Waals surface area (Å²) in [5, 5.41) is 0.165. The summed E-state index contributed by atoms with van der Waals surface area (Å²) in [6.45, 7) is 5.53. The predicted molar refractivity (Wildman–Crippen MR) is 74.8 cm³/mol. The van der Waals surface area contributed by atoms with E-state index in [2.05, 4.69) is 12.8 Å². The van der Waals surface area contributed by atoms with E-state index in [1.54, 1.807) is 6.92 Å². The van der Waals surface area contributed by atoms with Crippen LogP contribution in [0, 0.1) is 0 Å². The predicted octanol–water partition coefficient (Wildman–Crippen LogP) is 3.80. The molecule has 0 spiro atoms. The van der Waals surface area contributed by atoms with Crippen molar-refractivity contribution in [2.24, 2.45) is 0 Å². The van der Waals surface area contributed by atoms with Gasteiger partial charge in [0.15, 0.2) is 0 Å². The van der Waals surface area contributed by atoms with Crippen LogP contribution in [0.4, 0.5) is 0 Å². The molecule has 0 radical (unpaired) electrons. The van der Waals surface area contributed by atoms with Crippen LogP contribution in [0.2, 0.25) is 0 Å². The monoisotopic (exact) mass is 262 g/mol. The quantitative estimate of drug-likeness (QED) is 0.716. The number of rotatable bonds is 4. The maximum atomic E-state index is 11.7. The van der Waals surface area contributed by atoms with Gasteiger partial charge >= 0.3 is 0 Å². The Labute approximate surface area is 105 Å². The van der Waals surface area contributed by atoms with Gasteiger partial charge in [0.25, 0.3) is 0 Å². The number of carbonyl (C=O) groups is 1. The van der Waals surface area contributed by atoms with Crippen LogP contribution < -0.4 is 0 Å². The third kappa shape index (κ3) is 4.08. The number of carbonyl (C=O) groups excluding carboxylic acids is 1. The van der Waals surface area contributed by atoms with Crippen molar-refractivity contribution in [3.63, 3.8) is 0 Å². The Bertz CT molecular complexity index is 239. The molecule has 0 N–H and O–H groups in total. The summed E-state index contributed by atoms with van der Waals surface area (Å²) < 4.78 is 0.119. The molecule has 86 valence electrons. The second-order valence-electron chi connectivity index (χ2n) is 3.82. The molecule has 1 unspecified atom stereocenters. The lowest BCUT2D eigenvalue weighted by molar-refractivity contribution is -0.107. The van der Waals surface area contributed by atoms with Crippen molar-refractivity contribution in [3.05, 3.63) is 12.2 Å². The summed E-state index contributed by atoms with van der Waals surface area (Å²) in [6.07, 6.45) is 5.82. The topological polar surface area (TPSA) is 17.1 Å². The van der Waals surface area contributed by atoms with Gasteiger partial charge < -0.3 is 0 Å². The van der Waals surface area contributed by atoms with Crippen molar-refractivity contribution in [3.8, 4) is 0 Å². The van der Waals surface area contributed by atoms with Gasteiger partial charge in [-0.05, 0) is 37.3 Å². The summed E-state index contributed by atoms with van der Waals surface area (Å²) in [6, 6.07) is 0. The summed E-state index contributed by atoms with van der Waals surface area (Å²) >= 11 is 5.30. The normalized spacial score (nSPS) is 26.3. The highest BCUT2D eigenvalue weighted by Gasteiger charge is 2.35. The zero-order chi connectivity index (χ0) is 11.3. The summed E-state index contributed by atoms with van der Waals surface area (Å²) in [7, 11) is 0. The van der Waals surface area contributed by atoms with E-state index in [-0.39, 0.29) is 9.19 Å². The van der Waals surface area contributed by atoms with E-state index in [9.17, 15) is 4.79 Å². The summed E-state index contributed by atoms with van der Waals surface area (Å²) in [5.41, 5.74) is 0.673. The van der Waals surface area contributed by atoms with Gasteiger partial charge in [0, 0.05) is 5.75 Å². The molecule has 0 aromatic heterocycles. The Balaban J connectivity index is 2.63. The molecule has 0 aromatic carbocycles. The van der Waals surface area contributed by atoms with Crippen LogP contribution in [0.25, 0.3) is 0 Å². The zero-order valence-electron chi connectivity index (χ0n) is 9.38. The van der Waals surface area contributed by atoms with Gasteiger partial charge in [0.05, 0.1) is 4.08 Å². The molecule has 0 amide bonds. The first-order valence-corrected chi connectivity index (χ1v) is 8.31. The first kappa shape index (κ1) is 13.5. The molecule has 0 bridgehead atoms. The second-order valence-corrected chi connectivity index (χ2v) is 7.78. The molecule has 1 atom stereocenters. The average Bonchev–Trinajstić information content (AvgIpc) is 2.19. The largest absolute Gasteiger partial charge is 0.282 e. The molecule has 0 saturated carbocycles. The molecule has 1 aliphatic heterocycles. The van der Waals surface area contributed by atoms with Crippen LogP contribution in [0.15, 0.2) is 12.2 Å². The van der Waals surface area contributed by atoms with E-state index in [0.717, 1.165) is 12.2 Å². The van der Waals surface area contributed by atoms with E-state index in [4.69, 9.17) is 0 Å². The minimum Gasteiger partial charge on any atom is -0.282 e. The van der Waals surface area contributed by atoms with Crippen molar-refractivity contribution < 1.29 is 4.79 Å². The average molecular weight is 262 g/mol. The maximum absolute atomic E-state index is 11.7. The Hall–Kier alpha value is 0.460. The van der Waals surface area contributed by atoms with Crippen molar-refractivity contribution in [2.45, 2.75) is 30.3 Å². The van der Waals surface area contributed by atoms with E-state index in [1.165, 1.54) is 30.4 Å². The van der Waals surface area contributed by atoms with Crippen LogP contribution in [0.1, 0.15) is 26.2 Å². The molecule has 1 rings (SSSR count). The lowest BCUT2D eigenvalue weighted by Crippen LogP contribution is -2.29. The zero-order valence-corrected chi connectivity index (χ0v) is 11.8. The highest BCUT2D eigenvalue weighted by Crippen LogP contribution is 2.47. The van der Waals surface area contributed by atoms with Gasteiger partial charge in [-0.15, -0.1) is 11.8 Å². The van der Waals surface area contributed by atoms with Gasteiger partial charge in [-0.1, -0.05) is 24.8 Å². The second kappa shape index (κ2) is 6.26. The summed E-state index contributed by atoms with van der Waals surface area (Å²) in [4.78, 5) is 11.7.